The zero-order chi connectivity index (χ0) is 11.4. The van der Waals surface area contributed by atoms with Gasteiger partial charge in [-0.25, -0.2) is 0 Å². The number of aliphatic hydroxyl groups is 1. The van der Waals surface area contributed by atoms with E-state index in [0.29, 0.717) is 11.1 Å². The first-order valence-electron chi connectivity index (χ1n) is 4.79. The fourth-order valence-electron chi connectivity index (χ4n) is 1.33. The predicted molar refractivity (Wildman–Crippen MR) is 56.7 cm³/mol. The van der Waals surface area contributed by atoms with Gasteiger partial charge in [-0.3, -0.25) is 9.59 Å². The van der Waals surface area contributed by atoms with E-state index >= 15 is 0 Å². The number of aliphatic hydroxyl groups excluding tert-OH is 1. The van der Waals surface area contributed by atoms with Crippen LogP contribution in [0, 0.1) is 0 Å². The van der Waals surface area contributed by atoms with Crippen molar-refractivity contribution < 1.29 is 14.7 Å². The summed E-state index contributed by atoms with van der Waals surface area (Å²) in [4.78, 5) is 21.8. The highest BCUT2D eigenvalue weighted by Crippen LogP contribution is 2.17. The Balaban J connectivity index is 2.79. The van der Waals surface area contributed by atoms with Crippen LogP contribution in [0.5, 0.6) is 0 Å². The van der Waals surface area contributed by atoms with Crippen LogP contribution in [0.4, 0.5) is 0 Å². The number of hydrogen-bond acceptors (Lipinski definition) is 3. The third-order valence-corrected chi connectivity index (χ3v) is 2.18. The predicted octanol–water partition coefficient (Wildman–Crippen LogP) is 1.90. The molecule has 0 spiro atoms. The molecule has 0 aliphatic carbocycles. The van der Waals surface area contributed by atoms with Crippen molar-refractivity contribution in [3.63, 3.8) is 0 Å². The second-order valence-electron chi connectivity index (χ2n) is 3.60. The minimum absolute atomic E-state index is 0.0115. The smallest absolute Gasteiger partial charge is 0.159 e. The quantitative estimate of drug-likeness (QED) is 0.765. The van der Waals surface area contributed by atoms with Gasteiger partial charge in [0.2, 0.25) is 0 Å². The summed E-state index contributed by atoms with van der Waals surface area (Å²) >= 11 is 0. The second kappa shape index (κ2) is 4.84. The average Bonchev–Trinajstić information content (AvgIpc) is 2.17. The molecule has 1 N–H and O–H groups in total. The summed E-state index contributed by atoms with van der Waals surface area (Å²) in [5, 5.41) is 9.61. The highest BCUT2D eigenvalue weighted by Gasteiger charge is 2.10. The maximum Gasteiger partial charge on any atom is 0.159 e. The normalized spacial score (nSPS) is 12.2. The highest BCUT2D eigenvalue weighted by molar-refractivity contribution is 5.94. The van der Waals surface area contributed by atoms with Crippen LogP contribution in [0.1, 0.15) is 42.3 Å². The number of carbonyl (C=O) groups is 2. The van der Waals surface area contributed by atoms with E-state index in [4.69, 9.17) is 0 Å². The Morgan fingerprint density at radius 3 is 2.13 bits per heavy atom. The fourth-order valence-corrected chi connectivity index (χ4v) is 1.33. The molecule has 0 unspecified atom stereocenters. The molecular weight excluding hydrogens is 192 g/mol. The standard InChI is InChI=1S/C12H14O3/c1-8(13)7-12(15)11-5-3-10(4-6-11)9(2)14/h3-6,12,15H,7H2,1-2H3/t12-/m1/s1. The number of carbonyl (C=O) groups excluding carboxylic acids is 2. The summed E-state index contributed by atoms with van der Waals surface area (Å²) in [6.45, 7) is 2.92. The van der Waals surface area contributed by atoms with Crippen LogP contribution >= 0.6 is 0 Å². The third kappa shape index (κ3) is 3.29. The van der Waals surface area contributed by atoms with Crippen molar-refractivity contribution >= 4 is 11.6 Å². The fraction of sp³-hybridized carbons (Fsp3) is 0.333. The molecule has 15 heavy (non-hydrogen) atoms. The van der Waals surface area contributed by atoms with E-state index in [0.717, 1.165) is 0 Å². The van der Waals surface area contributed by atoms with E-state index in [2.05, 4.69) is 0 Å². The van der Waals surface area contributed by atoms with Gasteiger partial charge in [0.05, 0.1) is 6.10 Å². The summed E-state index contributed by atoms with van der Waals surface area (Å²) in [6, 6.07) is 6.65. The molecular formula is C12H14O3. The largest absolute Gasteiger partial charge is 0.388 e. The second-order valence-corrected chi connectivity index (χ2v) is 3.60. The van der Waals surface area contributed by atoms with Gasteiger partial charge in [0.15, 0.2) is 5.78 Å². The van der Waals surface area contributed by atoms with Crippen molar-refractivity contribution in [3.8, 4) is 0 Å². The topological polar surface area (TPSA) is 54.4 Å². The Morgan fingerprint density at radius 2 is 1.73 bits per heavy atom. The first-order chi connectivity index (χ1) is 7.00. The lowest BCUT2D eigenvalue weighted by Gasteiger charge is -2.08. The van der Waals surface area contributed by atoms with Crippen LogP contribution < -0.4 is 0 Å². The zero-order valence-electron chi connectivity index (χ0n) is 8.86. The van der Waals surface area contributed by atoms with Gasteiger partial charge in [0, 0.05) is 12.0 Å². The Hall–Kier alpha value is -1.48. The molecule has 0 bridgehead atoms. The molecule has 80 valence electrons. The molecule has 1 atom stereocenters. The minimum atomic E-state index is -0.775. The molecule has 0 aliphatic rings. The van der Waals surface area contributed by atoms with Crippen LogP contribution in [-0.4, -0.2) is 16.7 Å². The Morgan fingerprint density at radius 1 is 1.20 bits per heavy atom. The van der Waals surface area contributed by atoms with Gasteiger partial charge in [-0.05, 0) is 19.4 Å². The van der Waals surface area contributed by atoms with Crippen LogP contribution in [-0.2, 0) is 4.79 Å². The first kappa shape index (κ1) is 11.6. The summed E-state index contributed by atoms with van der Waals surface area (Å²) in [5.41, 5.74) is 1.27. The lowest BCUT2D eigenvalue weighted by molar-refractivity contribution is -0.118. The Labute approximate surface area is 88.7 Å². The molecule has 1 aromatic carbocycles. The van der Waals surface area contributed by atoms with Gasteiger partial charge >= 0.3 is 0 Å². The molecule has 0 amide bonds. The molecule has 1 aromatic rings. The summed E-state index contributed by atoms with van der Waals surface area (Å²) in [5.74, 6) is -0.0687. The summed E-state index contributed by atoms with van der Waals surface area (Å²) in [6.07, 6.45) is -0.664. The van der Waals surface area contributed by atoms with E-state index in [1.54, 1.807) is 24.3 Å². The molecule has 0 aromatic heterocycles. The molecule has 0 heterocycles. The van der Waals surface area contributed by atoms with Gasteiger partial charge in [-0.1, -0.05) is 24.3 Å². The van der Waals surface area contributed by atoms with Crippen molar-refractivity contribution in [2.75, 3.05) is 0 Å². The minimum Gasteiger partial charge on any atom is -0.388 e. The molecule has 1 rings (SSSR count). The van der Waals surface area contributed by atoms with Crippen molar-refractivity contribution in [2.45, 2.75) is 26.4 Å². The van der Waals surface area contributed by atoms with E-state index in [1.807, 2.05) is 0 Å². The third-order valence-electron chi connectivity index (χ3n) is 2.18. The Bertz CT molecular complexity index is 365. The van der Waals surface area contributed by atoms with Gasteiger partial charge in [-0.15, -0.1) is 0 Å². The maximum absolute atomic E-state index is 11.0. The number of benzene rings is 1. The van der Waals surface area contributed by atoms with E-state index in [-0.39, 0.29) is 18.0 Å². The van der Waals surface area contributed by atoms with Crippen molar-refractivity contribution in [1.29, 1.82) is 0 Å². The lowest BCUT2D eigenvalue weighted by atomic mass is 10.0. The van der Waals surface area contributed by atoms with Crippen LogP contribution in [0.2, 0.25) is 0 Å². The number of Topliss-reactive ketones (excluding diaryl/α,β-unsaturated/α-hetero) is 2. The van der Waals surface area contributed by atoms with Crippen LogP contribution in [0.3, 0.4) is 0 Å². The van der Waals surface area contributed by atoms with Gasteiger partial charge in [-0.2, -0.15) is 0 Å². The molecule has 0 aliphatic heterocycles. The van der Waals surface area contributed by atoms with Crippen molar-refractivity contribution in [3.05, 3.63) is 35.4 Å². The van der Waals surface area contributed by atoms with Crippen molar-refractivity contribution in [1.82, 2.24) is 0 Å². The molecule has 3 heteroatoms. The summed E-state index contributed by atoms with van der Waals surface area (Å²) < 4.78 is 0. The number of hydrogen-bond donors (Lipinski definition) is 1. The van der Waals surface area contributed by atoms with Gasteiger partial charge in [0.25, 0.3) is 0 Å². The number of rotatable bonds is 4. The maximum atomic E-state index is 11.0. The van der Waals surface area contributed by atoms with Crippen LogP contribution in [0.25, 0.3) is 0 Å². The molecule has 0 saturated heterocycles. The number of ketones is 2. The lowest BCUT2D eigenvalue weighted by Crippen LogP contribution is -2.03. The Kier molecular flexibility index (Phi) is 3.74. The monoisotopic (exact) mass is 206 g/mol. The summed E-state index contributed by atoms with van der Waals surface area (Å²) in [7, 11) is 0. The molecule has 0 fully saturated rings. The molecule has 0 radical (unpaired) electrons. The molecule has 0 saturated carbocycles. The van der Waals surface area contributed by atoms with Gasteiger partial charge < -0.3 is 5.11 Å². The van der Waals surface area contributed by atoms with E-state index in [1.165, 1.54) is 13.8 Å². The molecule has 3 nitrogen and oxygen atoms in total. The van der Waals surface area contributed by atoms with E-state index in [9.17, 15) is 14.7 Å². The highest BCUT2D eigenvalue weighted by atomic mass is 16.3. The van der Waals surface area contributed by atoms with Crippen LogP contribution in [0.15, 0.2) is 24.3 Å². The van der Waals surface area contributed by atoms with Gasteiger partial charge in [0.1, 0.15) is 5.78 Å². The first-order valence-corrected chi connectivity index (χ1v) is 4.79. The SMILES string of the molecule is CC(=O)C[C@@H](O)c1ccc(C(C)=O)cc1. The van der Waals surface area contributed by atoms with Crippen molar-refractivity contribution in [2.24, 2.45) is 0 Å². The van der Waals surface area contributed by atoms with E-state index < -0.39 is 6.10 Å². The zero-order valence-corrected chi connectivity index (χ0v) is 8.86. The average molecular weight is 206 g/mol.